The minimum absolute atomic E-state index is 0.0176. The number of nitriles is 1. The highest BCUT2D eigenvalue weighted by Gasteiger charge is 2.27. The Bertz CT molecular complexity index is 664. The van der Waals surface area contributed by atoms with Gasteiger partial charge in [-0.05, 0) is 32.9 Å². The molecule has 0 aliphatic heterocycles. The van der Waals surface area contributed by atoms with E-state index < -0.39 is 11.5 Å². The average molecular weight is 347 g/mol. The summed E-state index contributed by atoms with van der Waals surface area (Å²) >= 11 is 0. The molecule has 0 aliphatic rings. The second-order valence-electron chi connectivity index (χ2n) is 8.19. The van der Waals surface area contributed by atoms with Gasteiger partial charge < -0.3 is 20.9 Å². The Labute approximate surface area is 150 Å². The summed E-state index contributed by atoms with van der Waals surface area (Å²) in [5.41, 5.74) is 5.85. The Balaban J connectivity index is 2.91. The van der Waals surface area contributed by atoms with Gasteiger partial charge in [0.2, 0.25) is 0 Å². The number of anilines is 1. The number of aliphatic hydroxyl groups is 1. The van der Waals surface area contributed by atoms with E-state index >= 15 is 0 Å². The molecule has 0 aliphatic carbocycles. The minimum Gasteiger partial charge on any atom is -0.489 e. The minimum atomic E-state index is -0.733. The van der Waals surface area contributed by atoms with Crippen LogP contribution in [0.4, 0.5) is 5.69 Å². The molecule has 6 heteroatoms. The van der Waals surface area contributed by atoms with Gasteiger partial charge in [0.15, 0.2) is 5.78 Å². The van der Waals surface area contributed by atoms with Crippen molar-refractivity contribution in [1.29, 1.82) is 5.26 Å². The number of carbonyl (C=O) groups excluding carboxylic acids is 1. The van der Waals surface area contributed by atoms with E-state index in [-0.39, 0.29) is 34.9 Å². The van der Waals surface area contributed by atoms with E-state index in [0.717, 1.165) is 0 Å². The zero-order valence-electron chi connectivity index (χ0n) is 15.9. The molecule has 0 bridgehead atoms. The van der Waals surface area contributed by atoms with E-state index in [4.69, 9.17) is 10.5 Å². The summed E-state index contributed by atoms with van der Waals surface area (Å²) in [5.74, 6) is 0.128. The number of β-amino-alcohol motifs (C(OH)–C–C–N with tert-alkyl or cyclic N) is 1. The first kappa shape index (κ1) is 20.9. The predicted octanol–water partition coefficient (Wildman–Crippen LogP) is 2.50. The fraction of sp³-hybridized carbons (Fsp3) is 0.579. The van der Waals surface area contributed by atoms with Gasteiger partial charge in [-0.25, -0.2) is 0 Å². The summed E-state index contributed by atoms with van der Waals surface area (Å²) in [5, 5.41) is 22.6. The van der Waals surface area contributed by atoms with Gasteiger partial charge >= 0.3 is 0 Å². The summed E-state index contributed by atoms with van der Waals surface area (Å²) < 4.78 is 5.55. The molecular weight excluding hydrogens is 318 g/mol. The first-order chi connectivity index (χ1) is 11.4. The highest BCUT2D eigenvalue weighted by atomic mass is 16.5. The van der Waals surface area contributed by atoms with Gasteiger partial charge in [0.05, 0.1) is 5.69 Å². The number of carbonyl (C=O) groups is 1. The zero-order chi connectivity index (χ0) is 19.4. The summed E-state index contributed by atoms with van der Waals surface area (Å²) in [6.07, 6.45) is -0.733. The summed E-state index contributed by atoms with van der Waals surface area (Å²) in [7, 11) is 0. The number of nitrogens with one attached hydrogen (secondary N) is 1. The van der Waals surface area contributed by atoms with E-state index in [1.54, 1.807) is 32.9 Å². The van der Waals surface area contributed by atoms with E-state index in [1.165, 1.54) is 0 Å². The number of nitrogens with two attached hydrogens (primary N) is 1. The van der Waals surface area contributed by atoms with Crippen LogP contribution in [-0.4, -0.2) is 35.7 Å². The van der Waals surface area contributed by atoms with Gasteiger partial charge in [-0.1, -0.05) is 20.8 Å². The maximum absolute atomic E-state index is 12.4. The van der Waals surface area contributed by atoms with Crippen molar-refractivity contribution in [3.05, 3.63) is 23.3 Å². The van der Waals surface area contributed by atoms with Gasteiger partial charge in [-0.2, -0.15) is 5.26 Å². The van der Waals surface area contributed by atoms with E-state index in [9.17, 15) is 15.2 Å². The number of benzene rings is 1. The van der Waals surface area contributed by atoms with Crippen LogP contribution in [0, 0.1) is 16.7 Å². The molecule has 0 saturated heterocycles. The fourth-order valence-electron chi connectivity index (χ4n) is 2.11. The van der Waals surface area contributed by atoms with Crippen LogP contribution in [-0.2, 0) is 0 Å². The van der Waals surface area contributed by atoms with Crippen molar-refractivity contribution in [2.24, 2.45) is 5.41 Å². The van der Waals surface area contributed by atoms with Crippen molar-refractivity contribution < 1.29 is 14.6 Å². The van der Waals surface area contributed by atoms with Gasteiger partial charge in [0.25, 0.3) is 0 Å². The number of hydrogen-bond donors (Lipinski definition) is 3. The topological polar surface area (TPSA) is 108 Å². The monoisotopic (exact) mass is 347 g/mol. The summed E-state index contributed by atoms with van der Waals surface area (Å²) in [4.78, 5) is 12.4. The molecule has 0 saturated carbocycles. The van der Waals surface area contributed by atoms with E-state index in [0.29, 0.717) is 12.1 Å². The van der Waals surface area contributed by atoms with Crippen molar-refractivity contribution in [2.75, 3.05) is 18.9 Å². The number of rotatable bonds is 6. The molecule has 25 heavy (non-hydrogen) atoms. The molecule has 6 nitrogen and oxygen atoms in total. The standard InChI is InChI=1S/C19H29N3O3/c1-18(2,3)17(24)13-7-8-15(14(9-20)16(13)21)25-11-12(23)10-22-19(4,5)6/h7-8,12,22-23H,10-11,21H2,1-6H3. The van der Waals surface area contributed by atoms with Crippen molar-refractivity contribution in [3.63, 3.8) is 0 Å². The summed E-state index contributed by atoms with van der Waals surface area (Å²) in [6.45, 7) is 11.8. The first-order valence-electron chi connectivity index (χ1n) is 8.30. The predicted molar refractivity (Wildman–Crippen MR) is 98.6 cm³/mol. The maximum Gasteiger partial charge on any atom is 0.170 e. The van der Waals surface area contributed by atoms with Crippen LogP contribution in [0.3, 0.4) is 0 Å². The average Bonchev–Trinajstić information content (AvgIpc) is 2.48. The lowest BCUT2D eigenvalue weighted by Crippen LogP contribution is -2.42. The third kappa shape index (κ3) is 6.04. The summed E-state index contributed by atoms with van der Waals surface area (Å²) in [6, 6.07) is 5.11. The normalized spacial score (nSPS) is 13.2. The lowest BCUT2D eigenvalue weighted by molar-refractivity contribution is 0.0858. The quantitative estimate of drug-likeness (QED) is 0.539. The second kappa shape index (κ2) is 7.85. The van der Waals surface area contributed by atoms with Crippen molar-refractivity contribution in [1.82, 2.24) is 5.32 Å². The molecule has 0 heterocycles. The largest absolute Gasteiger partial charge is 0.489 e. The molecule has 0 amide bonds. The number of aliphatic hydroxyl groups excluding tert-OH is 1. The number of ether oxygens (including phenoxy) is 1. The number of nitrogens with zero attached hydrogens (tertiary/aromatic N) is 1. The third-order valence-electron chi connectivity index (χ3n) is 3.54. The Morgan fingerprint density at radius 3 is 2.40 bits per heavy atom. The Morgan fingerprint density at radius 1 is 1.32 bits per heavy atom. The van der Waals surface area contributed by atoms with Crippen molar-refractivity contribution in [3.8, 4) is 11.8 Å². The van der Waals surface area contributed by atoms with Gasteiger partial charge in [0.1, 0.15) is 30.1 Å². The maximum atomic E-state index is 12.4. The van der Waals surface area contributed by atoms with Crippen LogP contribution in [0.15, 0.2) is 12.1 Å². The van der Waals surface area contributed by atoms with Crippen LogP contribution in [0.5, 0.6) is 5.75 Å². The molecular formula is C19H29N3O3. The number of ketones is 1. The van der Waals surface area contributed by atoms with Gasteiger partial charge in [-0.3, -0.25) is 4.79 Å². The molecule has 0 spiro atoms. The van der Waals surface area contributed by atoms with Crippen LogP contribution in [0.25, 0.3) is 0 Å². The molecule has 1 unspecified atom stereocenters. The molecule has 0 radical (unpaired) electrons. The number of hydrogen-bond acceptors (Lipinski definition) is 6. The Kier molecular flexibility index (Phi) is 6.58. The smallest absolute Gasteiger partial charge is 0.170 e. The molecule has 1 aromatic carbocycles. The molecule has 0 fully saturated rings. The van der Waals surface area contributed by atoms with E-state index in [1.807, 2.05) is 26.8 Å². The number of Topliss-reactive ketones (excluding diaryl/α,β-unsaturated/α-hetero) is 1. The zero-order valence-corrected chi connectivity index (χ0v) is 15.9. The molecule has 0 aromatic heterocycles. The first-order valence-corrected chi connectivity index (χ1v) is 8.30. The fourth-order valence-corrected chi connectivity index (χ4v) is 2.11. The van der Waals surface area contributed by atoms with E-state index in [2.05, 4.69) is 5.32 Å². The van der Waals surface area contributed by atoms with Gasteiger partial charge in [0, 0.05) is 23.1 Å². The molecule has 1 aromatic rings. The van der Waals surface area contributed by atoms with Crippen LogP contribution in [0.2, 0.25) is 0 Å². The number of nitrogen functional groups attached to an aromatic ring is 1. The van der Waals surface area contributed by atoms with Gasteiger partial charge in [-0.15, -0.1) is 0 Å². The molecule has 1 rings (SSSR count). The van der Waals surface area contributed by atoms with Crippen molar-refractivity contribution in [2.45, 2.75) is 53.2 Å². The highest BCUT2D eigenvalue weighted by Crippen LogP contribution is 2.31. The Morgan fingerprint density at radius 2 is 1.92 bits per heavy atom. The molecule has 1 atom stereocenters. The lowest BCUT2D eigenvalue weighted by Gasteiger charge is -2.23. The third-order valence-corrected chi connectivity index (χ3v) is 3.54. The van der Waals surface area contributed by atoms with Crippen LogP contribution < -0.4 is 15.8 Å². The second-order valence-corrected chi connectivity index (χ2v) is 8.19. The molecule has 4 N–H and O–H groups in total. The molecule has 138 valence electrons. The SMILES string of the molecule is CC(C)(C)NCC(O)COc1ccc(C(=O)C(C)(C)C)c(N)c1C#N. The van der Waals surface area contributed by atoms with Crippen LogP contribution in [0.1, 0.15) is 57.5 Å². The van der Waals surface area contributed by atoms with Crippen molar-refractivity contribution >= 4 is 11.5 Å². The van der Waals surface area contributed by atoms with Crippen LogP contribution >= 0.6 is 0 Å². The highest BCUT2D eigenvalue weighted by molar-refractivity contribution is 6.05. The lowest BCUT2D eigenvalue weighted by atomic mass is 9.85. The Hall–Kier alpha value is -2.10.